The third-order valence-corrected chi connectivity index (χ3v) is 2.84. The van der Waals surface area contributed by atoms with Crippen LogP contribution in [0, 0.1) is 20.2 Å². The summed E-state index contributed by atoms with van der Waals surface area (Å²) in [5.41, 5.74) is -1.08. The fourth-order valence-corrected chi connectivity index (χ4v) is 1.84. The summed E-state index contributed by atoms with van der Waals surface area (Å²) in [6, 6.07) is 12.2. The van der Waals surface area contributed by atoms with Crippen LogP contribution in [0.25, 0.3) is 0 Å². The summed E-state index contributed by atoms with van der Waals surface area (Å²) in [6.07, 6.45) is -0.947. The van der Waals surface area contributed by atoms with E-state index in [1.807, 2.05) is 0 Å². The van der Waals surface area contributed by atoms with Gasteiger partial charge in [-0.2, -0.15) is 0 Å². The second-order valence-corrected chi connectivity index (χ2v) is 4.37. The summed E-state index contributed by atoms with van der Waals surface area (Å²) in [4.78, 5) is 31.7. The van der Waals surface area contributed by atoms with E-state index in [4.69, 9.17) is 4.74 Å². The van der Waals surface area contributed by atoms with Gasteiger partial charge in [0.15, 0.2) is 0 Å². The van der Waals surface area contributed by atoms with Crippen molar-refractivity contribution >= 4 is 23.2 Å². The highest BCUT2D eigenvalue weighted by molar-refractivity contribution is 5.89. The maximum absolute atomic E-state index is 11.7. The van der Waals surface area contributed by atoms with Crippen molar-refractivity contribution in [1.29, 1.82) is 0 Å². The molecule has 0 radical (unpaired) electrons. The number of rotatable bonds is 5. The normalized spacial score (nSPS) is 9.91. The summed E-state index contributed by atoms with van der Waals surface area (Å²) in [5, 5.41) is 24.0. The lowest BCUT2D eigenvalue weighted by atomic mass is 10.2. The molecule has 23 heavy (non-hydrogen) atoms. The summed E-state index contributed by atoms with van der Waals surface area (Å²) in [5.74, 6) is 0. The van der Waals surface area contributed by atoms with Crippen LogP contribution in [0.15, 0.2) is 48.5 Å². The molecular weight excluding hydrogens is 306 g/mol. The lowest BCUT2D eigenvalue weighted by Gasteiger charge is -2.07. The molecule has 2 aromatic rings. The van der Waals surface area contributed by atoms with Gasteiger partial charge in [-0.25, -0.2) is 4.79 Å². The minimum Gasteiger partial charge on any atom is -0.444 e. The summed E-state index contributed by atoms with van der Waals surface area (Å²) in [6.45, 7) is -0.0323. The molecule has 2 rings (SSSR count). The first-order valence-electron chi connectivity index (χ1n) is 6.38. The van der Waals surface area contributed by atoms with Crippen molar-refractivity contribution < 1.29 is 19.4 Å². The first-order valence-corrected chi connectivity index (χ1v) is 6.38. The van der Waals surface area contributed by atoms with E-state index < -0.39 is 27.3 Å². The van der Waals surface area contributed by atoms with E-state index in [0.717, 1.165) is 11.6 Å². The van der Waals surface area contributed by atoms with E-state index in [2.05, 4.69) is 5.32 Å². The standard InChI is InChI=1S/C14H11N3O6/c18-14(23-9-10-5-2-1-3-6-10)15-11-7-4-8-12(16(19)20)13(11)17(21)22/h1-8H,9H2,(H,15,18). The van der Waals surface area contributed by atoms with Crippen LogP contribution >= 0.6 is 0 Å². The molecular formula is C14H11N3O6. The van der Waals surface area contributed by atoms with E-state index in [1.54, 1.807) is 30.3 Å². The van der Waals surface area contributed by atoms with Gasteiger partial charge < -0.3 is 4.74 Å². The van der Waals surface area contributed by atoms with Gasteiger partial charge in [0.2, 0.25) is 0 Å². The fourth-order valence-electron chi connectivity index (χ4n) is 1.84. The molecule has 1 N–H and O–H groups in total. The number of ether oxygens (including phenoxy) is 1. The zero-order valence-corrected chi connectivity index (χ0v) is 11.7. The zero-order chi connectivity index (χ0) is 16.8. The minimum atomic E-state index is -0.947. The van der Waals surface area contributed by atoms with Crippen molar-refractivity contribution in [3.63, 3.8) is 0 Å². The van der Waals surface area contributed by atoms with Crippen molar-refractivity contribution in [1.82, 2.24) is 0 Å². The number of nitrogens with zero attached hydrogens (tertiary/aromatic N) is 2. The monoisotopic (exact) mass is 317 g/mol. The number of hydrogen-bond donors (Lipinski definition) is 1. The SMILES string of the molecule is O=C(Nc1cccc([N+](=O)[O-])c1[N+](=O)[O-])OCc1ccccc1. The third-order valence-electron chi connectivity index (χ3n) is 2.84. The maximum atomic E-state index is 11.7. The largest absolute Gasteiger partial charge is 0.444 e. The minimum absolute atomic E-state index is 0.0323. The van der Waals surface area contributed by atoms with Crippen LogP contribution < -0.4 is 5.32 Å². The zero-order valence-electron chi connectivity index (χ0n) is 11.7. The smallest absolute Gasteiger partial charge is 0.412 e. The summed E-state index contributed by atoms with van der Waals surface area (Å²) < 4.78 is 4.92. The third kappa shape index (κ3) is 4.00. The van der Waals surface area contributed by atoms with E-state index in [-0.39, 0.29) is 12.3 Å². The number of benzene rings is 2. The molecule has 9 nitrogen and oxygen atoms in total. The van der Waals surface area contributed by atoms with E-state index in [1.165, 1.54) is 12.1 Å². The summed E-state index contributed by atoms with van der Waals surface area (Å²) in [7, 11) is 0. The van der Waals surface area contributed by atoms with Crippen molar-refractivity contribution in [3.8, 4) is 0 Å². The maximum Gasteiger partial charge on any atom is 0.412 e. The number of nitrogens with one attached hydrogen (secondary N) is 1. The van der Waals surface area contributed by atoms with E-state index in [0.29, 0.717) is 0 Å². The number of anilines is 1. The highest BCUT2D eigenvalue weighted by Gasteiger charge is 2.29. The highest BCUT2D eigenvalue weighted by atomic mass is 16.6. The number of hydrogen-bond acceptors (Lipinski definition) is 6. The van der Waals surface area contributed by atoms with E-state index >= 15 is 0 Å². The van der Waals surface area contributed by atoms with Gasteiger partial charge in [0.1, 0.15) is 12.3 Å². The fraction of sp³-hybridized carbons (Fsp3) is 0.0714. The molecule has 0 aromatic heterocycles. The van der Waals surface area contributed by atoms with Gasteiger partial charge in [0, 0.05) is 6.07 Å². The Labute approximate surface area is 129 Å². The molecule has 1 amide bonds. The Morgan fingerprint density at radius 1 is 1.00 bits per heavy atom. The number of carbonyl (C=O) groups excluding carboxylic acids is 1. The van der Waals surface area contributed by atoms with Gasteiger partial charge in [0.05, 0.1) is 9.85 Å². The van der Waals surface area contributed by atoms with Crippen LogP contribution in [-0.2, 0) is 11.3 Å². The molecule has 2 aromatic carbocycles. The Hall–Kier alpha value is -3.49. The molecule has 0 aliphatic heterocycles. The molecule has 0 aliphatic rings. The predicted molar refractivity (Wildman–Crippen MR) is 80.0 cm³/mol. The number of para-hydroxylation sites is 1. The van der Waals surface area contributed by atoms with Crippen molar-refractivity contribution in [2.45, 2.75) is 6.61 Å². The predicted octanol–water partition coefficient (Wildman–Crippen LogP) is 3.25. The van der Waals surface area contributed by atoms with Crippen LogP contribution in [0.3, 0.4) is 0 Å². The first-order chi connectivity index (χ1) is 11.0. The van der Waals surface area contributed by atoms with E-state index in [9.17, 15) is 25.0 Å². The first kappa shape index (κ1) is 15.9. The van der Waals surface area contributed by atoms with Gasteiger partial charge in [-0.1, -0.05) is 36.4 Å². The van der Waals surface area contributed by atoms with Crippen LogP contribution in [-0.4, -0.2) is 15.9 Å². The Kier molecular flexibility index (Phi) is 4.82. The molecule has 0 spiro atoms. The Bertz CT molecular complexity index is 747. The molecule has 0 saturated carbocycles. The average molecular weight is 317 g/mol. The van der Waals surface area contributed by atoms with Gasteiger partial charge in [-0.3, -0.25) is 25.5 Å². The number of carbonyl (C=O) groups is 1. The van der Waals surface area contributed by atoms with Gasteiger partial charge in [-0.15, -0.1) is 0 Å². The number of nitro groups is 2. The lowest BCUT2D eigenvalue weighted by molar-refractivity contribution is -0.421. The quantitative estimate of drug-likeness (QED) is 0.666. The number of amides is 1. The lowest BCUT2D eigenvalue weighted by Crippen LogP contribution is -2.15. The second kappa shape index (κ2) is 6.98. The van der Waals surface area contributed by atoms with Crippen molar-refractivity contribution in [3.05, 3.63) is 74.3 Å². The Morgan fingerprint density at radius 2 is 1.70 bits per heavy atom. The Balaban J connectivity index is 2.13. The van der Waals surface area contributed by atoms with Gasteiger partial charge >= 0.3 is 17.5 Å². The molecule has 0 bridgehead atoms. The Morgan fingerprint density at radius 3 is 2.30 bits per heavy atom. The topological polar surface area (TPSA) is 125 Å². The molecule has 0 saturated heterocycles. The highest BCUT2D eigenvalue weighted by Crippen LogP contribution is 2.34. The molecule has 9 heteroatoms. The van der Waals surface area contributed by atoms with Crippen LogP contribution in [0.5, 0.6) is 0 Å². The molecule has 0 heterocycles. The average Bonchev–Trinajstić information content (AvgIpc) is 2.53. The van der Waals surface area contributed by atoms with Gasteiger partial charge in [0.25, 0.3) is 0 Å². The molecule has 0 unspecified atom stereocenters. The van der Waals surface area contributed by atoms with Crippen LogP contribution in [0.4, 0.5) is 21.9 Å². The summed E-state index contributed by atoms with van der Waals surface area (Å²) >= 11 is 0. The second-order valence-electron chi connectivity index (χ2n) is 4.37. The molecule has 0 atom stereocenters. The van der Waals surface area contributed by atoms with Crippen molar-refractivity contribution in [2.24, 2.45) is 0 Å². The van der Waals surface area contributed by atoms with Crippen LogP contribution in [0.1, 0.15) is 5.56 Å². The number of nitro benzene ring substituents is 2. The molecule has 118 valence electrons. The van der Waals surface area contributed by atoms with Crippen molar-refractivity contribution in [2.75, 3.05) is 5.32 Å². The van der Waals surface area contributed by atoms with Gasteiger partial charge in [-0.05, 0) is 11.6 Å². The molecule has 0 fully saturated rings. The molecule has 0 aliphatic carbocycles. The van der Waals surface area contributed by atoms with Crippen LogP contribution in [0.2, 0.25) is 0 Å².